The molecular weight excluding hydrogens is 312 g/mol. The lowest BCUT2D eigenvalue weighted by Gasteiger charge is -2.36. The average Bonchev–Trinajstić information content (AvgIpc) is 2.44. The summed E-state index contributed by atoms with van der Waals surface area (Å²) in [7, 11) is 0. The van der Waals surface area contributed by atoms with Crippen molar-refractivity contribution in [1.82, 2.24) is 9.97 Å². The van der Waals surface area contributed by atoms with Gasteiger partial charge in [0.2, 0.25) is 0 Å². The predicted molar refractivity (Wildman–Crippen MR) is 91.5 cm³/mol. The third-order valence-electron chi connectivity index (χ3n) is 4.42. The van der Waals surface area contributed by atoms with Crippen molar-refractivity contribution in [3.05, 3.63) is 22.1 Å². The molecule has 1 aliphatic rings. The number of carbonyl (C=O) groups excluding carboxylic acids is 1. The summed E-state index contributed by atoms with van der Waals surface area (Å²) in [6.07, 6.45) is 3.28. The topological polar surface area (TPSA) is 72.0 Å². The molecule has 1 aromatic rings. The highest BCUT2D eigenvalue weighted by atomic mass is 32.2. The molecule has 1 aromatic heterocycles. The third kappa shape index (κ3) is 5.37. The second-order valence-electron chi connectivity index (χ2n) is 6.84. The Kier molecular flexibility index (Phi) is 6.27. The van der Waals surface area contributed by atoms with Crippen LogP contribution in [0.2, 0.25) is 0 Å². The van der Waals surface area contributed by atoms with E-state index in [0.717, 1.165) is 12.8 Å². The molecule has 0 spiro atoms. The molecule has 0 bridgehead atoms. The zero-order valence-electron chi connectivity index (χ0n) is 14.3. The Morgan fingerprint density at radius 3 is 2.87 bits per heavy atom. The zero-order chi connectivity index (χ0) is 17.0. The van der Waals surface area contributed by atoms with E-state index < -0.39 is 0 Å². The number of carbonyl (C=O) groups is 1. The summed E-state index contributed by atoms with van der Waals surface area (Å²) >= 11 is 1.21. The van der Waals surface area contributed by atoms with Crippen molar-refractivity contribution < 1.29 is 9.53 Å². The van der Waals surface area contributed by atoms with Gasteiger partial charge in [-0.1, -0.05) is 39.0 Å². The van der Waals surface area contributed by atoms with Gasteiger partial charge in [-0.15, -0.1) is 0 Å². The molecule has 0 radical (unpaired) electrons. The van der Waals surface area contributed by atoms with Gasteiger partial charge in [0.1, 0.15) is 6.10 Å². The van der Waals surface area contributed by atoms with Crippen molar-refractivity contribution in [3.63, 3.8) is 0 Å². The predicted octanol–water partition coefficient (Wildman–Crippen LogP) is 3.17. The van der Waals surface area contributed by atoms with Crippen molar-refractivity contribution in [3.8, 4) is 0 Å². The van der Waals surface area contributed by atoms with Crippen LogP contribution in [0.3, 0.4) is 0 Å². The molecule has 0 aromatic carbocycles. The largest absolute Gasteiger partial charge is 0.461 e. The van der Waals surface area contributed by atoms with Gasteiger partial charge in [-0.25, -0.2) is 4.98 Å². The van der Waals surface area contributed by atoms with Crippen LogP contribution in [0, 0.1) is 24.7 Å². The zero-order valence-corrected chi connectivity index (χ0v) is 15.1. The molecule has 23 heavy (non-hydrogen) atoms. The second-order valence-corrected chi connectivity index (χ2v) is 7.80. The fourth-order valence-corrected chi connectivity index (χ4v) is 3.90. The Morgan fingerprint density at radius 2 is 2.22 bits per heavy atom. The van der Waals surface area contributed by atoms with Crippen molar-refractivity contribution in [2.24, 2.45) is 17.8 Å². The SMILES string of the molecule is Cc1cc(=O)[nH]c(SCC(=O)O[C@@H]2C[C@@H](C)CC[C@H]2C(C)C)n1. The molecule has 1 N–H and O–H groups in total. The van der Waals surface area contributed by atoms with Gasteiger partial charge in [-0.05, 0) is 37.5 Å². The molecule has 1 fully saturated rings. The monoisotopic (exact) mass is 338 g/mol. The fourth-order valence-electron chi connectivity index (χ4n) is 3.20. The van der Waals surface area contributed by atoms with Crippen LogP contribution in [0.4, 0.5) is 0 Å². The normalized spacial score (nSPS) is 24.7. The lowest BCUT2D eigenvalue weighted by atomic mass is 9.75. The summed E-state index contributed by atoms with van der Waals surface area (Å²) in [6, 6.07) is 1.43. The van der Waals surface area contributed by atoms with Crippen molar-refractivity contribution >= 4 is 17.7 Å². The van der Waals surface area contributed by atoms with E-state index in [4.69, 9.17) is 4.74 Å². The molecule has 3 atom stereocenters. The van der Waals surface area contributed by atoms with Crippen LogP contribution in [0.1, 0.15) is 45.7 Å². The number of aryl methyl sites for hydroxylation is 1. The van der Waals surface area contributed by atoms with Gasteiger partial charge in [0, 0.05) is 11.8 Å². The molecule has 0 amide bonds. The molecule has 0 unspecified atom stereocenters. The number of nitrogens with one attached hydrogen (secondary N) is 1. The molecule has 6 heteroatoms. The standard InChI is InChI=1S/C17H26N2O3S/c1-10(2)13-6-5-11(3)7-14(13)22-16(21)9-23-17-18-12(4)8-15(20)19-17/h8,10-11,13-14H,5-7,9H2,1-4H3,(H,18,19,20)/t11-,13-,14+/m0/s1. The highest BCUT2D eigenvalue weighted by Gasteiger charge is 2.33. The summed E-state index contributed by atoms with van der Waals surface area (Å²) in [5.41, 5.74) is 0.444. The van der Waals surface area contributed by atoms with Gasteiger partial charge >= 0.3 is 5.97 Å². The number of rotatable bonds is 5. The number of hydrogen-bond donors (Lipinski definition) is 1. The highest BCUT2D eigenvalue weighted by molar-refractivity contribution is 7.99. The molecule has 1 aliphatic carbocycles. The van der Waals surface area contributed by atoms with E-state index >= 15 is 0 Å². The average molecular weight is 338 g/mol. The van der Waals surface area contributed by atoms with Gasteiger partial charge in [0.15, 0.2) is 5.16 Å². The lowest BCUT2D eigenvalue weighted by molar-refractivity contribution is -0.152. The Labute approximate surface area is 141 Å². The Balaban J connectivity index is 1.91. The van der Waals surface area contributed by atoms with Crippen LogP contribution in [0.25, 0.3) is 0 Å². The van der Waals surface area contributed by atoms with Crippen LogP contribution >= 0.6 is 11.8 Å². The van der Waals surface area contributed by atoms with Gasteiger partial charge in [0.25, 0.3) is 5.56 Å². The van der Waals surface area contributed by atoms with Crippen LogP contribution in [-0.2, 0) is 9.53 Å². The number of H-pyrrole nitrogens is 1. The van der Waals surface area contributed by atoms with E-state index in [-0.39, 0.29) is 23.4 Å². The highest BCUT2D eigenvalue weighted by Crippen LogP contribution is 2.35. The molecule has 1 saturated carbocycles. The summed E-state index contributed by atoms with van der Waals surface area (Å²) in [6.45, 7) is 8.36. The summed E-state index contributed by atoms with van der Waals surface area (Å²) in [5.74, 6) is 1.50. The summed E-state index contributed by atoms with van der Waals surface area (Å²) in [4.78, 5) is 30.4. The van der Waals surface area contributed by atoms with E-state index in [1.54, 1.807) is 6.92 Å². The molecular formula is C17H26N2O3S. The molecule has 2 rings (SSSR count). The second kappa shape index (κ2) is 7.99. The van der Waals surface area contributed by atoms with Crippen molar-refractivity contribution in [2.45, 2.75) is 58.2 Å². The maximum atomic E-state index is 12.2. The molecule has 5 nitrogen and oxygen atoms in total. The van der Waals surface area contributed by atoms with Crippen LogP contribution < -0.4 is 5.56 Å². The number of aromatic nitrogens is 2. The summed E-state index contributed by atoms with van der Waals surface area (Å²) in [5, 5.41) is 0.462. The number of aromatic amines is 1. The quantitative estimate of drug-likeness (QED) is 0.507. The van der Waals surface area contributed by atoms with E-state index in [1.165, 1.54) is 24.2 Å². The van der Waals surface area contributed by atoms with Gasteiger partial charge in [-0.3, -0.25) is 9.59 Å². The van der Waals surface area contributed by atoms with E-state index in [2.05, 4.69) is 30.7 Å². The Hall–Kier alpha value is -1.30. The third-order valence-corrected chi connectivity index (χ3v) is 5.27. The minimum Gasteiger partial charge on any atom is -0.461 e. The minimum atomic E-state index is -0.232. The van der Waals surface area contributed by atoms with Crippen LogP contribution in [0.15, 0.2) is 16.0 Å². The Morgan fingerprint density at radius 1 is 1.48 bits per heavy atom. The number of thioether (sulfide) groups is 1. The van der Waals surface area contributed by atoms with Gasteiger partial charge in [0.05, 0.1) is 5.75 Å². The van der Waals surface area contributed by atoms with Crippen molar-refractivity contribution in [1.29, 1.82) is 0 Å². The van der Waals surface area contributed by atoms with E-state index in [1.807, 2.05) is 0 Å². The van der Waals surface area contributed by atoms with Crippen molar-refractivity contribution in [2.75, 3.05) is 5.75 Å². The molecule has 0 saturated heterocycles. The first-order valence-corrected chi connectivity index (χ1v) is 9.24. The van der Waals surface area contributed by atoms with E-state index in [0.29, 0.717) is 28.6 Å². The maximum Gasteiger partial charge on any atom is 0.316 e. The molecule has 0 aliphatic heterocycles. The summed E-state index contributed by atoms with van der Waals surface area (Å²) < 4.78 is 5.74. The fraction of sp³-hybridized carbons (Fsp3) is 0.706. The Bertz CT molecular complexity index is 600. The minimum absolute atomic E-state index is 0.0105. The maximum absolute atomic E-state index is 12.2. The number of hydrogen-bond acceptors (Lipinski definition) is 5. The van der Waals surface area contributed by atoms with Crippen LogP contribution in [0.5, 0.6) is 0 Å². The van der Waals surface area contributed by atoms with Gasteiger partial charge < -0.3 is 9.72 Å². The van der Waals surface area contributed by atoms with Gasteiger partial charge in [-0.2, -0.15) is 0 Å². The molecule has 128 valence electrons. The smallest absolute Gasteiger partial charge is 0.316 e. The first-order chi connectivity index (χ1) is 10.8. The number of ether oxygens (including phenoxy) is 1. The van der Waals surface area contributed by atoms with Crippen LogP contribution in [-0.4, -0.2) is 27.8 Å². The first kappa shape index (κ1) is 18.0. The lowest BCUT2D eigenvalue weighted by Crippen LogP contribution is -2.36. The number of esters is 1. The number of nitrogens with zero attached hydrogens (tertiary/aromatic N) is 1. The van der Waals surface area contributed by atoms with E-state index in [9.17, 15) is 9.59 Å². The molecule has 1 heterocycles. The first-order valence-electron chi connectivity index (χ1n) is 8.25.